The maximum atomic E-state index is 15.3. The zero-order chi connectivity index (χ0) is 29.4. The topological polar surface area (TPSA) is 146 Å². The summed E-state index contributed by atoms with van der Waals surface area (Å²) in [4.78, 5) is 63.7. The van der Waals surface area contributed by atoms with Crippen molar-refractivity contribution in [3.63, 3.8) is 0 Å². The largest absolute Gasteiger partial charge is 0.436 e. The summed E-state index contributed by atoms with van der Waals surface area (Å²) in [5.41, 5.74) is 0.0416. The number of likely N-dealkylation sites (tertiary alicyclic amines) is 1. The van der Waals surface area contributed by atoms with Gasteiger partial charge >= 0.3 is 6.09 Å². The van der Waals surface area contributed by atoms with Crippen LogP contribution in [0.3, 0.4) is 0 Å². The Morgan fingerprint density at radius 2 is 1.95 bits per heavy atom. The number of carbonyl (C=O) groups excluding carboxylic acids is 3. The van der Waals surface area contributed by atoms with Gasteiger partial charge < -0.3 is 19.9 Å². The SMILES string of the molecule is O=C1Nc2ccc(Cl)c(F)c2[C@@]2(CCCN(C(=O)C(Cc3cncnc3)NC(=O)c3ccc4[nH]c(=O)ccc4c3)C2)O1. The second-order valence-corrected chi connectivity index (χ2v) is 10.7. The van der Waals surface area contributed by atoms with Gasteiger partial charge in [-0.2, -0.15) is 0 Å². The molecule has 2 aromatic carbocycles. The molecule has 13 heteroatoms. The van der Waals surface area contributed by atoms with Crippen molar-refractivity contribution in [2.75, 3.05) is 18.4 Å². The zero-order valence-corrected chi connectivity index (χ0v) is 22.8. The van der Waals surface area contributed by atoms with Crippen LogP contribution in [0.4, 0.5) is 14.9 Å². The number of pyridine rings is 1. The average molecular weight is 591 g/mol. The molecule has 214 valence electrons. The number of hydrogen-bond acceptors (Lipinski definition) is 7. The Morgan fingerprint density at radius 1 is 1.14 bits per heavy atom. The normalized spacial score (nSPS) is 18.6. The lowest BCUT2D eigenvalue weighted by molar-refractivity contribution is -0.141. The van der Waals surface area contributed by atoms with E-state index < -0.39 is 35.4 Å². The van der Waals surface area contributed by atoms with E-state index in [0.717, 1.165) is 0 Å². The first-order valence-corrected chi connectivity index (χ1v) is 13.6. The molecule has 42 heavy (non-hydrogen) atoms. The quantitative estimate of drug-likeness (QED) is 0.322. The minimum Gasteiger partial charge on any atom is -0.436 e. The number of anilines is 1. The summed E-state index contributed by atoms with van der Waals surface area (Å²) >= 11 is 6.08. The number of piperidine rings is 1. The monoisotopic (exact) mass is 590 g/mol. The Kier molecular flexibility index (Phi) is 7.07. The van der Waals surface area contributed by atoms with Crippen molar-refractivity contribution >= 4 is 46.1 Å². The van der Waals surface area contributed by atoms with Crippen molar-refractivity contribution < 1.29 is 23.5 Å². The van der Waals surface area contributed by atoms with Gasteiger partial charge in [-0.15, -0.1) is 0 Å². The van der Waals surface area contributed by atoms with E-state index in [1.165, 1.54) is 29.4 Å². The number of aromatic nitrogens is 3. The molecule has 3 N–H and O–H groups in total. The van der Waals surface area contributed by atoms with E-state index in [1.807, 2.05) is 0 Å². The molecule has 1 spiro atoms. The van der Waals surface area contributed by atoms with Gasteiger partial charge in [0.1, 0.15) is 12.4 Å². The predicted molar refractivity (Wildman–Crippen MR) is 151 cm³/mol. The fourth-order valence-electron chi connectivity index (χ4n) is 5.59. The molecule has 11 nitrogen and oxygen atoms in total. The predicted octanol–water partition coefficient (Wildman–Crippen LogP) is 3.53. The lowest BCUT2D eigenvalue weighted by Gasteiger charge is -2.45. The van der Waals surface area contributed by atoms with Gasteiger partial charge in [-0.1, -0.05) is 11.6 Å². The van der Waals surface area contributed by atoms with E-state index >= 15 is 4.39 Å². The van der Waals surface area contributed by atoms with Crippen molar-refractivity contribution in [3.8, 4) is 0 Å². The van der Waals surface area contributed by atoms with Gasteiger partial charge in [0.05, 0.1) is 22.8 Å². The van der Waals surface area contributed by atoms with Crippen LogP contribution in [0.2, 0.25) is 5.02 Å². The number of halogens is 2. The molecule has 2 aliphatic heterocycles. The number of aromatic amines is 1. The third-order valence-electron chi connectivity index (χ3n) is 7.49. The molecule has 0 saturated carbocycles. The molecule has 1 saturated heterocycles. The maximum Gasteiger partial charge on any atom is 0.412 e. The van der Waals surface area contributed by atoms with Crippen molar-refractivity contribution in [1.29, 1.82) is 0 Å². The fraction of sp³-hybridized carbons (Fsp3) is 0.241. The minimum absolute atomic E-state index is 0.0773. The first-order chi connectivity index (χ1) is 20.2. The Balaban J connectivity index is 1.31. The first-order valence-electron chi connectivity index (χ1n) is 13.2. The molecule has 3 amide bonds. The van der Waals surface area contributed by atoms with Crippen LogP contribution in [0.15, 0.2) is 66.0 Å². The van der Waals surface area contributed by atoms with Crippen molar-refractivity contribution in [2.45, 2.75) is 30.9 Å². The van der Waals surface area contributed by atoms with Crippen LogP contribution in [0, 0.1) is 5.82 Å². The van der Waals surface area contributed by atoms with E-state index in [0.29, 0.717) is 29.4 Å². The Bertz CT molecular complexity index is 1780. The second kappa shape index (κ2) is 10.9. The van der Waals surface area contributed by atoms with E-state index in [9.17, 15) is 19.2 Å². The van der Waals surface area contributed by atoms with Gasteiger partial charge in [-0.25, -0.2) is 19.2 Å². The fourth-order valence-corrected chi connectivity index (χ4v) is 5.75. The second-order valence-electron chi connectivity index (χ2n) is 10.3. The van der Waals surface area contributed by atoms with Gasteiger partial charge in [0.2, 0.25) is 11.5 Å². The summed E-state index contributed by atoms with van der Waals surface area (Å²) < 4.78 is 21.0. The highest BCUT2D eigenvalue weighted by Gasteiger charge is 2.49. The Hall–Kier alpha value is -4.84. The summed E-state index contributed by atoms with van der Waals surface area (Å²) in [6.07, 6.45) is 4.45. The number of rotatable bonds is 5. The molecule has 1 fully saturated rings. The van der Waals surface area contributed by atoms with E-state index in [4.69, 9.17) is 16.3 Å². The lowest BCUT2D eigenvalue weighted by Crippen LogP contribution is -2.57. The molecular weight excluding hydrogens is 567 g/mol. The molecule has 4 heterocycles. The van der Waals surface area contributed by atoms with Crippen LogP contribution in [0.25, 0.3) is 10.9 Å². The molecule has 2 aromatic heterocycles. The van der Waals surface area contributed by atoms with Crippen LogP contribution in [0.5, 0.6) is 0 Å². The highest BCUT2D eigenvalue weighted by molar-refractivity contribution is 6.31. The molecule has 0 radical (unpaired) electrons. The average Bonchev–Trinajstić information content (AvgIpc) is 2.98. The summed E-state index contributed by atoms with van der Waals surface area (Å²) in [7, 11) is 0. The molecule has 2 atom stereocenters. The van der Waals surface area contributed by atoms with E-state index in [1.54, 1.807) is 36.7 Å². The van der Waals surface area contributed by atoms with Crippen molar-refractivity contribution in [2.24, 2.45) is 0 Å². The zero-order valence-electron chi connectivity index (χ0n) is 22.0. The number of H-pyrrole nitrogens is 1. The Morgan fingerprint density at radius 3 is 2.76 bits per heavy atom. The smallest absolute Gasteiger partial charge is 0.412 e. The van der Waals surface area contributed by atoms with Crippen LogP contribution in [-0.4, -0.2) is 56.9 Å². The minimum atomic E-state index is -1.46. The van der Waals surface area contributed by atoms with E-state index in [-0.39, 0.29) is 46.8 Å². The van der Waals surface area contributed by atoms with Crippen LogP contribution >= 0.6 is 11.6 Å². The highest BCUT2D eigenvalue weighted by Crippen LogP contribution is 2.45. The molecule has 1 unspecified atom stereocenters. The van der Waals surface area contributed by atoms with Crippen molar-refractivity contribution in [1.82, 2.24) is 25.2 Å². The third kappa shape index (κ3) is 5.16. The van der Waals surface area contributed by atoms with Crippen LogP contribution < -0.4 is 16.2 Å². The Labute approximate surface area is 243 Å². The maximum absolute atomic E-state index is 15.3. The summed E-state index contributed by atoms with van der Waals surface area (Å²) in [5, 5.41) is 5.84. The van der Waals surface area contributed by atoms with Crippen LogP contribution in [-0.2, 0) is 21.6 Å². The summed E-state index contributed by atoms with van der Waals surface area (Å²) in [5.74, 6) is -1.69. The van der Waals surface area contributed by atoms with Gasteiger partial charge in [0, 0.05) is 42.5 Å². The van der Waals surface area contributed by atoms with Crippen molar-refractivity contribution in [3.05, 3.63) is 99.1 Å². The molecule has 4 aromatic rings. The number of ether oxygens (including phenoxy) is 1. The number of benzene rings is 2. The summed E-state index contributed by atoms with van der Waals surface area (Å²) in [6.45, 7) is 0.161. The standard InChI is InChI=1S/C29H24ClFN6O5/c30-19-4-6-21-24(25(19)31)29(42-28(41)36-21)8-1-9-37(14-29)27(40)22(10-16-12-32-15-33-13-16)35-26(39)18-2-5-20-17(11-18)3-7-23(38)34-20/h2-7,11-13,15,22H,1,8-10,14H2,(H,34,38)(H,35,39)(H,36,41)/t22?,29-/m0/s1. The summed E-state index contributed by atoms with van der Waals surface area (Å²) in [6, 6.07) is 9.54. The van der Waals surface area contributed by atoms with Gasteiger partial charge in [-0.3, -0.25) is 19.7 Å². The third-order valence-corrected chi connectivity index (χ3v) is 7.78. The molecule has 2 aliphatic rings. The molecule has 6 rings (SSSR count). The number of nitrogens with one attached hydrogen (secondary N) is 3. The number of amides is 3. The van der Waals surface area contributed by atoms with Gasteiger partial charge in [-0.05, 0) is 60.2 Å². The van der Waals surface area contributed by atoms with Gasteiger partial charge in [0.15, 0.2) is 11.4 Å². The highest BCUT2D eigenvalue weighted by atomic mass is 35.5. The molecule has 0 bridgehead atoms. The van der Waals surface area contributed by atoms with Gasteiger partial charge in [0.25, 0.3) is 5.91 Å². The number of carbonyl (C=O) groups is 3. The first kappa shape index (κ1) is 27.3. The van der Waals surface area contributed by atoms with Crippen LogP contribution in [0.1, 0.15) is 34.3 Å². The molecule has 0 aliphatic carbocycles. The lowest BCUT2D eigenvalue weighted by atomic mass is 9.82. The number of hydrogen-bond donors (Lipinski definition) is 3. The van der Waals surface area contributed by atoms with E-state index in [2.05, 4.69) is 25.6 Å². The molecular formula is C29H24ClFN6O5. The number of fused-ring (bicyclic) bond motifs is 3. The number of nitrogens with zero attached hydrogens (tertiary/aromatic N) is 3.